The SMILES string of the molecule is CCCN(CCO)Cc1nc2ccccc2c(C)c1Cl. The Labute approximate surface area is 125 Å². The van der Waals surface area contributed by atoms with Gasteiger partial charge in [0.2, 0.25) is 0 Å². The van der Waals surface area contributed by atoms with Crippen LogP contribution in [0.1, 0.15) is 24.6 Å². The summed E-state index contributed by atoms with van der Waals surface area (Å²) in [6, 6.07) is 8.05. The summed E-state index contributed by atoms with van der Waals surface area (Å²) >= 11 is 6.46. The summed E-state index contributed by atoms with van der Waals surface area (Å²) in [6.07, 6.45) is 1.05. The molecule has 0 saturated carbocycles. The molecule has 0 aliphatic carbocycles. The van der Waals surface area contributed by atoms with E-state index in [0.29, 0.717) is 13.1 Å². The monoisotopic (exact) mass is 292 g/mol. The van der Waals surface area contributed by atoms with Crippen LogP contribution >= 0.6 is 11.6 Å². The zero-order valence-corrected chi connectivity index (χ0v) is 12.8. The molecule has 1 aromatic carbocycles. The Morgan fingerprint density at radius 1 is 1.25 bits per heavy atom. The Hall–Kier alpha value is -1.16. The number of aryl methyl sites for hydroxylation is 1. The minimum absolute atomic E-state index is 0.157. The minimum Gasteiger partial charge on any atom is -0.395 e. The van der Waals surface area contributed by atoms with E-state index in [1.807, 2.05) is 31.2 Å². The molecule has 0 radical (unpaired) electrons. The summed E-state index contributed by atoms with van der Waals surface area (Å²) in [5.41, 5.74) is 2.95. The van der Waals surface area contributed by atoms with Crippen LogP contribution in [-0.4, -0.2) is 34.7 Å². The van der Waals surface area contributed by atoms with Crippen molar-refractivity contribution in [2.45, 2.75) is 26.8 Å². The molecule has 1 aromatic heterocycles. The van der Waals surface area contributed by atoms with Gasteiger partial charge in [-0.3, -0.25) is 4.90 Å². The van der Waals surface area contributed by atoms with Crippen LogP contribution in [0.25, 0.3) is 10.9 Å². The van der Waals surface area contributed by atoms with Gasteiger partial charge in [-0.15, -0.1) is 0 Å². The van der Waals surface area contributed by atoms with Crippen LogP contribution in [-0.2, 0) is 6.54 Å². The molecule has 108 valence electrons. The number of rotatable bonds is 6. The first-order valence-corrected chi connectivity index (χ1v) is 7.42. The number of fused-ring (bicyclic) bond motifs is 1. The van der Waals surface area contributed by atoms with Gasteiger partial charge >= 0.3 is 0 Å². The third-order valence-corrected chi connectivity index (χ3v) is 3.98. The lowest BCUT2D eigenvalue weighted by molar-refractivity contribution is 0.189. The van der Waals surface area contributed by atoms with Crippen LogP contribution in [0.5, 0.6) is 0 Å². The molecule has 0 atom stereocenters. The summed E-state index contributed by atoms with van der Waals surface area (Å²) in [6.45, 7) is 6.59. The Kier molecular flexibility index (Phi) is 5.35. The number of aliphatic hydroxyl groups excluding tert-OH is 1. The Morgan fingerprint density at radius 3 is 2.70 bits per heavy atom. The summed E-state index contributed by atoms with van der Waals surface area (Å²) in [5.74, 6) is 0. The Morgan fingerprint density at radius 2 is 2.00 bits per heavy atom. The highest BCUT2D eigenvalue weighted by Gasteiger charge is 2.13. The summed E-state index contributed by atoms with van der Waals surface area (Å²) in [4.78, 5) is 6.87. The van der Waals surface area contributed by atoms with Crippen LogP contribution in [0.4, 0.5) is 0 Å². The van der Waals surface area contributed by atoms with E-state index < -0.39 is 0 Å². The molecule has 1 heterocycles. The van der Waals surface area contributed by atoms with Crippen molar-refractivity contribution in [3.8, 4) is 0 Å². The maximum absolute atomic E-state index is 9.14. The lowest BCUT2D eigenvalue weighted by atomic mass is 10.1. The van der Waals surface area contributed by atoms with Gasteiger partial charge in [0.05, 0.1) is 22.8 Å². The van der Waals surface area contributed by atoms with E-state index in [1.54, 1.807) is 0 Å². The second-order valence-electron chi connectivity index (χ2n) is 5.01. The Balaban J connectivity index is 2.36. The highest BCUT2D eigenvalue weighted by molar-refractivity contribution is 6.32. The van der Waals surface area contributed by atoms with E-state index in [0.717, 1.165) is 40.1 Å². The zero-order valence-electron chi connectivity index (χ0n) is 12.1. The molecule has 0 aliphatic rings. The third-order valence-electron chi connectivity index (χ3n) is 3.48. The average Bonchev–Trinajstić information content (AvgIpc) is 2.45. The number of halogens is 1. The van der Waals surface area contributed by atoms with Crippen molar-refractivity contribution >= 4 is 22.5 Å². The Bertz CT molecular complexity index is 580. The van der Waals surface area contributed by atoms with Gasteiger partial charge in [0.25, 0.3) is 0 Å². The molecule has 0 fully saturated rings. The number of aliphatic hydroxyl groups is 1. The lowest BCUT2D eigenvalue weighted by Crippen LogP contribution is -2.28. The molecule has 0 spiro atoms. The molecular formula is C16H21ClN2O. The molecule has 2 rings (SSSR count). The van der Waals surface area contributed by atoms with Gasteiger partial charge in [-0.2, -0.15) is 0 Å². The molecule has 4 heteroatoms. The van der Waals surface area contributed by atoms with E-state index in [4.69, 9.17) is 16.7 Å². The number of nitrogens with zero attached hydrogens (tertiary/aromatic N) is 2. The van der Waals surface area contributed by atoms with Crippen LogP contribution in [0.15, 0.2) is 24.3 Å². The highest BCUT2D eigenvalue weighted by atomic mass is 35.5. The van der Waals surface area contributed by atoms with Crippen molar-refractivity contribution in [2.24, 2.45) is 0 Å². The third kappa shape index (κ3) is 3.29. The van der Waals surface area contributed by atoms with Gasteiger partial charge in [-0.1, -0.05) is 36.7 Å². The summed E-state index contributed by atoms with van der Waals surface area (Å²) in [5, 5.41) is 11.0. The molecule has 20 heavy (non-hydrogen) atoms. The van der Waals surface area contributed by atoms with Gasteiger partial charge < -0.3 is 5.11 Å². The quantitative estimate of drug-likeness (QED) is 0.886. The fraction of sp³-hybridized carbons (Fsp3) is 0.438. The molecule has 1 N–H and O–H groups in total. The van der Waals surface area contributed by atoms with Crippen LogP contribution in [0.2, 0.25) is 5.02 Å². The molecular weight excluding hydrogens is 272 g/mol. The largest absolute Gasteiger partial charge is 0.395 e. The number of hydrogen-bond acceptors (Lipinski definition) is 3. The van der Waals surface area contributed by atoms with Crippen molar-refractivity contribution in [3.05, 3.63) is 40.5 Å². The van der Waals surface area contributed by atoms with E-state index in [1.165, 1.54) is 0 Å². The zero-order chi connectivity index (χ0) is 14.5. The second-order valence-corrected chi connectivity index (χ2v) is 5.39. The van der Waals surface area contributed by atoms with Gasteiger partial charge in [0.15, 0.2) is 0 Å². The van der Waals surface area contributed by atoms with Crippen LogP contribution in [0.3, 0.4) is 0 Å². The normalized spacial score (nSPS) is 11.4. The highest BCUT2D eigenvalue weighted by Crippen LogP contribution is 2.27. The molecule has 2 aromatic rings. The predicted molar refractivity (Wildman–Crippen MR) is 84.1 cm³/mol. The van der Waals surface area contributed by atoms with Crippen LogP contribution in [0, 0.1) is 6.92 Å². The maximum Gasteiger partial charge on any atom is 0.0740 e. The predicted octanol–water partition coefficient (Wildman–Crippen LogP) is 3.40. The van der Waals surface area contributed by atoms with E-state index >= 15 is 0 Å². The standard InChI is InChI=1S/C16H21ClN2O/c1-3-8-19(9-10-20)11-15-16(17)12(2)13-6-4-5-7-14(13)18-15/h4-7,20H,3,8-11H2,1-2H3. The van der Waals surface area contributed by atoms with Crippen molar-refractivity contribution in [1.82, 2.24) is 9.88 Å². The first-order chi connectivity index (χ1) is 9.67. The fourth-order valence-corrected chi connectivity index (χ4v) is 2.67. The van der Waals surface area contributed by atoms with Crippen molar-refractivity contribution in [3.63, 3.8) is 0 Å². The molecule has 0 unspecified atom stereocenters. The molecule has 0 saturated heterocycles. The van der Waals surface area contributed by atoms with Gasteiger partial charge in [0, 0.05) is 18.5 Å². The van der Waals surface area contributed by atoms with E-state index in [2.05, 4.69) is 16.8 Å². The first kappa shape index (κ1) is 15.2. The smallest absolute Gasteiger partial charge is 0.0740 e. The number of para-hydroxylation sites is 1. The van der Waals surface area contributed by atoms with Gasteiger partial charge in [0.1, 0.15) is 0 Å². The number of aromatic nitrogens is 1. The van der Waals surface area contributed by atoms with E-state index in [9.17, 15) is 0 Å². The van der Waals surface area contributed by atoms with Gasteiger partial charge in [-0.05, 0) is 31.5 Å². The molecule has 0 bridgehead atoms. The summed E-state index contributed by atoms with van der Waals surface area (Å²) in [7, 11) is 0. The topological polar surface area (TPSA) is 36.4 Å². The van der Waals surface area contributed by atoms with Crippen LogP contribution < -0.4 is 0 Å². The number of benzene rings is 1. The van der Waals surface area contributed by atoms with Crippen molar-refractivity contribution in [1.29, 1.82) is 0 Å². The lowest BCUT2D eigenvalue weighted by Gasteiger charge is -2.21. The maximum atomic E-state index is 9.14. The van der Waals surface area contributed by atoms with Crippen molar-refractivity contribution < 1.29 is 5.11 Å². The summed E-state index contributed by atoms with van der Waals surface area (Å²) < 4.78 is 0. The number of pyridine rings is 1. The minimum atomic E-state index is 0.157. The second kappa shape index (κ2) is 7.02. The number of hydrogen-bond donors (Lipinski definition) is 1. The average molecular weight is 293 g/mol. The molecule has 0 amide bonds. The first-order valence-electron chi connectivity index (χ1n) is 7.04. The fourth-order valence-electron chi connectivity index (χ4n) is 2.46. The van der Waals surface area contributed by atoms with Crippen molar-refractivity contribution in [2.75, 3.05) is 19.7 Å². The van der Waals surface area contributed by atoms with E-state index in [-0.39, 0.29) is 6.61 Å². The molecule has 0 aliphatic heterocycles. The molecule has 3 nitrogen and oxygen atoms in total. The van der Waals surface area contributed by atoms with Gasteiger partial charge in [-0.25, -0.2) is 4.98 Å².